The number of aryl methyl sites for hydroxylation is 2. The van der Waals surface area contributed by atoms with Gasteiger partial charge in [-0.25, -0.2) is 4.98 Å². The Morgan fingerprint density at radius 2 is 2.06 bits per heavy atom. The molecule has 1 saturated heterocycles. The summed E-state index contributed by atoms with van der Waals surface area (Å²) < 4.78 is 2.38. The Hall–Kier alpha value is -1.35. The third-order valence-electron chi connectivity index (χ3n) is 4.29. The number of hydrogen-bond acceptors (Lipinski definition) is 2. The molecule has 1 aliphatic heterocycles. The third kappa shape index (κ3) is 1.83. The maximum Gasteiger partial charge on any atom is 0.0961 e. The predicted molar refractivity (Wildman–Crippen MR) is 74.9 cm³/mol. The minimum Gasteiger partial charge on any atom is -0.327 e. The van der Waals surface area contributed by atoms with Crippen LogP contribution in [0.5, 0.6) is 0 Å². The van der Waals surface area contributed by atoms with Gasteiger partial charge in [-0.2, -0.15) is 0 Å². The van der Waals surface area contributed by atoms with Crippen molar-refractivity contribution < 1.29 is 0 Å². The zero-order chi connectivity index (χ0) is 12.7. The van der Waals surface area contributed by atoms with E-state index in [1.54, 1.807) is 0 Å². The zero-order valence-corrected chi connectivity index (χ0v) is 11.4. The lowest BCUT2D eigenvalue weighted by Gasteiger charge is -2.31. The average molecular weight is 243 g/mol. The summed E-state index contributed by atoms with van der Waals surface area (Å²) in [6.45, 7) is 8.87. The lowest BCUT2D eigenvalue weighted by molar-refractivity contribution is 0.278. The largest absolute Gasteiger partial charge is 0.327 e. The van der Waals surface area contributed by atoms with Gasteiger partial charge in [-0.15, -0.1) is 0 Å². The van der Waals surface area contributed by atoms with Crippen LogP contribution < -0.4 is 5.32 Å². The lowest BCUT2D eigenvalue weighted by atomic mass is 9.95. The van der Waals surface area contributed by atoms with E-state index >= 15 is 0 Å². The van der Waals surface area contributed by atoms with E-state index in [0.717, 1.165) is 18.6 Å². The number of nitrogens with one attached hydrogen (secondary N) is 1. The molecule has 1 aliphatic rings. The summed E-state index contributed by atoms with van der Waals surface area (Å²) in [6, 6.07) is 5.07. The van der Waals surface area contributed by atoms with Crippen LogP contribution in [0.1, 0.15) is 30.5 Å². The Morgan fingerprint density at radius 1 is 1.28 bits per heavy atom. The van der Waals surface area contributed by atoms with Crippen molar-refractivity contribution in [2.24, 2.45) is 5.92 Å². The lowest BCUT2D eigenvalue weighted by Crippen LogP contribution is -2.36. The highest BCUT2D eigenvalue weighted by molar-refractivity contribution is 5.77. The van der Waals surface area contributed by atoms with Crippen LogP contribution in [0, 0.1) is 19.8 Å². The molecule has 0 bridgehead atoms. The van der Waals surface area contributed by atoms with Crippen LogP contribution in [0.25, 0.3) is 11.0 Å². The topological polar surface area (TPSA) is 29.9 Å². The molecular formula is C15H21N3. The average Bonchev–Trinajstić information content (AvgIpc) is 2.73. The van der Waals surface area contributed by atoms with E-state index in [-0.39, 0.29) is 0 Å². The molecule has 1 fully saturated rings. The van der Waals surface area contributed by atoms with Crippen LogP contribution in [0.4, 0.5) is 0 Å². The molecule has 3 rings (SSSR count). The van der Waals surface area contributed by atoms with Crippen molar-refractivity contribution in [2.75, 3.05) is 13.1 Å². The molecule has 3 nitrogen and oxygen atoms in total. The van der Waals surface area contributed by atoms with Gasteiger partial charge in [-0.3, -0.25) is 0 Å². The number of aromatic nitrogens is 2. The van der Waals surface area contributed by atoms with Crippen molar-refractivity contribution in [3.05, 3.63) is 29.6 Å². The second-order valence-corrected chi connectivity index (χ2v) is 5.61. The fraction of sp³-hybridized carbons (Fsp3) is 0.533. The predicted octanol–water partition coefficient (Wildman–Crippen LogP) is 2.82. The Morgan fingerprint density at radius 3 is 2.83 bits per heavy atom. The van der Waals surface area contributed by atoms with E-state index in [4.69, 9.17) is 0 Å². The first-order chi connectivity index (χ1) is 8.66. The van der Waals surface area contributed by atoms with E-state index in [9.17, 15) is 0 Å². The Labute approximate surface area is 108 Å². The second kappa shape index (κ2) is 4.39. The number of fused-ring (bicyclic) bond motifs is 1. The number of imidazole rings is 1. The van der Waals surface area contributed by atoms with Crippen LogP contribution in [0.2, 0.25) is 0 Å². The maximum absolute atomic E-state index is 4.57. The van der Waals surface area contributed by atoms with Gasteiger partial charge in [0.1, 0.15) is 0 Å². The molecule has 1 aromatic carbocycles. The highest BCUT2D eigenvalue weighted by Crippen LogP contribution is 2.29. The smallest absolute Gasteiger partial charge is 0.0961 e. The Balaban J connectivity index is 2.09. The van der Waals surface area contributed by atoms with E-state index in [2.05, 4.69) is 47.8 Å². The van der Waals surface area contributed by atoms with Crippen molar-refractivity contribution in [3.8, 4) is 0 Å². The molecule has 0 radical (unpaired) electrons. The van der Waals surface area contributed by atoms with Gasteiger partial charge in [0.05, 0.1) is 17.4 Å². The summed E-state index contributed by atoms with van der Waals surface area (Å²) in [4.78, 5) is 4.57. The highest BCUT2D eigenvalue weighted by atomic mass is 15.1. The molecule has 2 atom stereocenters. The molecule has 3 heteroatoms. The number of benzene rings is 1. The van der Waals surface area contributed by atoms with E-state index < -0.39 is 0 Å². The minimum absolute atomic E-state index is 0.582. The quantitative estimate of drug-likeness (QED) is 0.834. The molecule has 1 N–H and O–H groups in total. The zero-order valence-electron chi connectivity index (χ0n) is 11.4. The van der Waals surface area contributed by atoms with Crippen molar-refractivity contribution >= 4 is 11.0 Å². The molecule has 1 aromatic heterocycles. The molecular weight excluding hydrogens is 222 g/mol. The van der Waals surface area contributed by atoms with Gasteiger partial charge in [0.2, 0.25) is 0 Å². The van der Waals surface area contributed by atoms with Gasteiger partial charge in [0.25, 0.3) is 0 Å². The van der Waals surface area contributed by atoms with Crippen molar-refractivity contribution in [2.45, 2.75) is 33.2 Å². The van der Waals surface area contributed by atoms with Gasteiger partial charge in [0.15, 0.2) is 0 Å². The van der Waals surface area contributed by atoms with Crippen LogP contribution in [-0.2, 0) is 0 Å². The van der Waals surface area contributed by atoms with Crippen LogP contribution in [0.15, 0.2) is 18.5 Å². The molecule has 0 amide bonds. The molecule has 2 aromatic rings. The summed E-state index contributed by atoms with van der Waals surface area (Å²) in [6.07, 6.45) is 3.22. The number of rotatable bonds is 1. The Kier molecular flexibility index (Phi) is 2.86. The van der Waals surface area contributed by atoms with Gasteiger partial charge in [-0.05, 0) is 62.5 Å². The number of nitrogens with zero attached hydrogens (tertiary/aromatic N) is 2. The van der Waals surface area contributed by atoms with Crippen LogP contribution >= 0.6 is 0 Å². The summed E-state index contributed by atoms with van der Waals surface area (Å²) in [7, 11) is 0. The van der Waals surface area contributed by atoms with E-state index in [0.29, 0.717) is 12.0 Å². The molecule has 96 valence electrons. The van der Waals surface area contributed by atoms with Crippen LogP contribution in [-0.4, -0.2) is 22.6 Å². The summed E-state index contributed by atoms with van der Waals surface area (Å²) >= 11 is 0. The van der Waals surface area contributed by atoms with Gasteiger partial charge < -0.3 is 9.88 Å². The maximum atomic E-state index is 4.57. The monoisotopic (exact) mass is 243 g/mol. The summed E-state index contributed by atoms with van der Waals surface area (Å²) in [5.41, 5.74) is 5.10. The first kappa shape index (κ1) is 11.7. The van der Waals surface area contributed by atoms with Gasteiger partial charge >= 0.3 is 0 Å². The molecule has 0 spiro atoms. The molecule has 0 aliphatic carbocycles. The first-order valence-corrected chi connectivity index (χ1v) is 6.81. The Bertz CT molecular complexity index is 570. The molecule has 0 saturated carbocycles. The number of hydrogen-bond donors (Lipinski definition) is 1. The van der Waals surface area contributed by atoms with Crippen molar-refractivity contribution in [1.82, 2.24) is 14.9 Å². The third-order valence-corrected chi connectivity index (χ3v) is 4.29. The van der Waals surface area contributed by atoms with E-state index in [1.165, 1.54) is 23.1 Å². The molecule has 18 heavy (non-hydrogen) atoms. The summed E-state index contributed by atoms with van der Waals surface area (Å²) in [5.74, 6) is 0.665. The van der Waals surface area contributed by atoms with Crippen molar-refractivity contribution in [1.29, 1.82) is 0 Å². The van der Waals surface area contributed by atoms with Gasteiger partial charge in [0, 0.05) is 6.04 Å². The SMILES string of the molecule is Cc1cc2ncn(C3CCNCC3C)c2cc1C. The highest BCUT2D eigenvalue weighted by Gasteiger charge is 2.23. The van der Waals surface area contributed by atoms with Crippen molar-refractivity contribution in [3.63, 3.8) is 0 Å². The first-order valence-electron chi connectivity index (χ1n) is 6.81. The van der Waals surface area contributed by atoms with Gasteiger partial charge in [-0.1, -0.05) is 6.92 Å². The fourth-order valence-corrected chi connectivity index (χ4v) is 2.96. The number of piperidine rings is 1. The summed E-state index contributed by atoms with van der Waals surface area (Å²) in [5, 5.41) is 3.46. The van der Waals surface area contributed by atoms with E-state index in [1.807, 2.05) is 6.33 Å². The normalized spacial score (nSPS) is 24.6. The standard InChI is InChI=1S/C15H21N3/c1-10-6-13-15(7-11(10)2)18(9-17-13)14-4-5-16-8-12(14)3/h6-7,9,12,14,16H,4-5,8H2,1-3H3. The van der Waals surface area contributed by atoms with Crippen LogP contribution in [0.3, 0.4) is 0 Å². The fourth-order valence-electron chi connectivity index (χ4n) is 2.96. The molecule has 2 heterocycles. The second-order valence-electron chi connectivity index (χ2n) is 5.61. The minimum atomic E-state index is 0.582. The molecule has 2 unspecified atom stereocenters.